The van der Waals surface area contributed by atoms with Crippen LogP contribution in [0.1, 0.15) is 33.1 Å². The molecule has 18 heavy (non-hydrogen) atoms. The molecule has 0 aromatic carbocycles. The first-order chi connectivity index (χ1) is 8.58. The van der Waals surface area contributed by atoms with Gasteiger partial charge in [0.25, 0.3) is 5.91 Å². The van der Waals surface area contributed by atoms with Gasteiger partial charge in [0.1, 0.15) is 6.10 Å². The van der Waals surface area contributed by atoms with Crippen LogP contribution in [0.5, 0.6) is 0 Å². The molecule has 0 radical (unpaired) electrons. The molecule has 0 aliphatic carbocycles. The monoisotopic (exact) mass is 254 g/mol. The van der Waals surface area contributed by atoms with E-state index in [1.54, 1.807) is 0 Å². The zero-order valence-corrected chi connectivity index (χ0v) is 11.9. The van der Waals surface area contributed by atoms with E-state index in [0.717, 1.165) is 26.1 Å². The summed E-state index contributed by atoms with van der Waals surface area (Å²) in [7, 11) is 2.05. The fourth-order valence-corrected chi connectivity index (χ4v) is 2.94. The summed E-state index contributed by atoms with van der Waals surface area (Å²) in [6, 6.07) is 0.360. The molecule has 1 amide bonds. The minimum Gasteiger partial charge on any atom is -0.366 e. The quantitative estimate of drug-likeness (QED) is 0.708. The molecule has 3 unspecified atom stereocenters. The van der Waals surface area contributed by atoms with Gasteiger partial charge in [-0.25, -0.2) is 0 Å². The van der Waals surface area contributed by atoms with Gasteiger partial charge in [-0.15, -0.1) is 0 Å². The topological polar surface area (TPSA) is 32.8 Å². The van der Waals surface area contributed by atoms with Gasteiger partial charge in [0.15, 0.2) is 0 Å². The lowest BCUT2D eigenvalue weighted by Crippen LogP contribution is -2.52. The van der Waals surface area contributed by atoms with Crippen LogP contribution >= 0.6 is 0 Å². The lowest BCUT2D eigenvalue weighted by Gasteiger charge is -2.35. The molecule has 2 aliphatic rings. The molecular weight excluding hydrogens is 228 g/mol. The van der Waals surface area contributed by atoms with Gasteiger partial charge in [0, 0.05) is 25.7 Å². The molecule has 104 valence electrons. The smallest absolute Gasteiger partial charge is 0.253 e. The summed E-state index contributed by atoms with van der Waals surface area (Å²) in [5.74, 6) is 0.808. The highest BCUT2D eigenvalue weighted by Crippen LogP contribution is 2.22. The Labute approximate surface area is 110 Å². The van der Waals surface area contributed by atoms with Crippen LogP contribution in [-0.2, 0) is 9.53 Å². The normalized spacial score (nSPS) is 35.3. The molecule has 2 aliphatic heterocycles. The average molecular weight is 254 g/mol. The zero-order valence-electron chi connectivity index (χ0n) is 11.9. The Hall–Kier alpha value is -0.610. The van der Waals surface area contributed by atoms with Gasteiger partial charge >= 0.3 is 0 Å². The Morgan fingerprint density at radius 3 is 2.72 bits per heavy atom. The van der Waals surface area contributed by atoms with E-state index in [2.05, 4.69) is 30.7 Å². The molecule has 0 saturated carbocycles. The number of carbonyl (C=O) groups is 1. The molecule has 0 bridgehead atoms. The van der Waals surface area contributed by atoms with E-state index in [1.807, 2.05) is 0 Å². The molecular formula is C14H26N2O2. The Bertz CT molecular complexity index is 296. The van der Waals surface area contributed by atoms with Crippen LogP contribution in [0.15, 0.2) is 0 Å². The minimum absolute atomic E-state index is 0.197. The summed E-state index contributed by atoms with van der Waals surface area (Å²) in [6.45, 7) is 7.63. The van der Waals surface area contributed by atoms with E-state index in [9.17, 15) is 4.79 Å². The van der Waals surface area contributed by atoms with Crippen molar-refractivity contribution in [3.05, 3.63) is 0 Å². The maximum Gasteiger partial charge on any atom is 0.253 e. The molecule has 3 atom stereocenters. The number of hydrogen-bond acceptors (Lipinski definition) is 3. The van der Waals surface area contributed by atoms with Crippen molar-refractivity contribution in [3.8, 4) is 0 Å². The molecule has 0 spiro atoms. The summed E-state index contributed by atoms with van der Waals surface area (Å²) >= 11 is 0. The van der Waals surface area contributed by atoms with Crippen LogP contribution < -0.4 is 0 Å². The van der Waals surface area contributed by atoms with Crippen molar-refractivity contribution < 1.29 is 9.53 Å². The Morgan fingerprint density at radius 2 is 2.00 bits per heavy atom. The lowest BCUT2D eigenvalue weighted by molar-refractivity contribution is -0.151. The number of hydrogen-bond donors (Lipinski definition) is 0. The zero-order chi connectivity index (χ0) is 13.1. The van der Waals surface area contributed by atoms with E-state index in [4.69, 9.17) is 4.74 Å². The maximum absolute atomic E-state index is 12.6. The van der Waals surface area contributed by atoms with Crippen molar-refractivity contribution in [3.63, 3.8) is 0 Å². The Kier molecular flexibility index (Phi) is 4.62. The van der Waals surface area contributed by atoms with Crippen molar-refractivity contribution in [1.29, 1.82) is 0 Å². The van der Waals surface area contributed by atoms with Crippen LogP contribution in [0.3, 0.4) is 0 Å². The number of likely N-dealkylation sites (tertiary alicyclic amines) is 1. The molecule has 2 rings (SSSR count). The van der Waals surface area contributed by atoms with Crippen LogP contribution in [0.2, 0.25) is 0 Å². The summed E-state index contributed by atoms with van der Waals surface area (Å²) in [5, 5.41) is 0. The van der Waals surface area contributed by atoms with Gasteiger partial charge in [-0.1, -0.05) is 13.3 Å². The summed E-state index contributed by atoms with van der Waals surface area (Å²) in [6.07, 6.45) is 3.34. The molecule has 2 saturated heterocycles. The molecule has 2 heterocycles. The van der Waals surface area contributed by atoms with E-state index in [0.29, 0.717) is 18.6 Å². The van der Waals surface area contributed by atoms with Crippen molar-refractivity contribution in [2.45, 2.75) is 45.3 Å². The molecule has 2 fully saturated rings. The summed E-state index contributed by atoms with van der Waals surface area (Å²) in [4.78, 5) is 16.8. The fraction of sp³-hybridized carbons (Fsp3) is 0.929. The second-order valence-corrected chi connectivity index (χ2v) is 6.00. The number of amides is 1. The number of morpholine rings is 1. The van der Waals surface area contributed by atoms with Crippen LogP contribution in [0.25, 0.3) is 0 Å². The minimum atomic E-state index is -0.253. The number of carbonyl (C=O) groups excluding carboxylic acids is 1. The first-order valence-electron chi connectivity index (χ1n) is 7.18. The van der Waals surface area contributed by atoms with Crippen molar-refractivity contribution in [2.24, 2.45) is 5.92 Å². The lowest BCUT2D eigenvalue weighted by atomic mass is 10.1. The van der Waals surface area contributed by atoms with Crippen LogP contribution in [0.4, 0.5) is 0 Å². The second kappa shape index (κ2) is 6.02. The van der Waals surface area contributed by atoms with Gasteiger partial charge in [0.05, 0.1) is 6.61 Å². The SMILES string of the molecule is CC1CCCC(C)N(C(=O)C2CN(C)CCO2)C1. The standard InChI is InChI=1S/C14H26N2O2/c1-11-5-4-6-12(2)16(9-11)14(17)13-10-15(3)7-8-18-13/h11-13H,4-10H2,1-3H3. The van der Waals surface area contributed by atoms with Crippen LogP contribution in [0, 0.1) is 5.92 Å². The highest BCUT2D eigenvalue weighted by atomic mass is 16.5. The Morgan fingerprint density at radius 1 is 1.22 bits per heavy atom. The highest BCUT2D eigenvalue weighted by molar-refractivity contribution is 5.81. The number of ether oxygens (including phenoxy) is 1. The highest BCUT2D eigenvalue weighted by Gasteiger charge is 2.32. The number of likely N-dealkylation sites (N-methyl/N-ethyl adjacent to an activating group) is 1. The predicted molar refractivity (Wildman–Crippen MR) is 71.4 cm³/mol. The summed E-state index contributed by atoms with van der Waals surface area (Å²) < 4.78 is 5.65. The maximum atomic E-state index is 12.6. The van der Waals surface area contributed by atoms with Crippen molar-refractivity contribution in [2.75, 3.05) is 33.3 Å². The third-order valence-corrected chi connectivity index (χ3v) is 4.19. The Balaban J connectivity index is 2.01. The molecule has 4 heteroatoms. The van der Waals surface area contributed by atoms with E-state index >= 15 is 0 Å². The predicted octanol–water partition coefficient (Wildman–Crippen LogP) is 1.35. The van der Waals surface area contributed by atoms with Gasteiger partial charge in [0.2, 0.25) is 0 Å². The first-order valence-corrected chi connectivity index (χ1v) is 7.18. The molecule has 0 N–H and O–H groups in total. The molecule has 0 aromatic heterocycles. The molecule has 0 aromatic rings. The van der Waals surface area contributed by atoms with E-state index in [-0.39, 0.29) is 12.0 Å². The number of rotatable bonds is 1. The third-order valence-electron chi connectivity index (χ3n) is 4.19. The summed E-state index contributed by atoms with van der Waals surface area (Å²) in [5.41, 5.74) is 0. The third kappa shape index (κ3) is 3.23. The average Bonchev–Trinajstić information content (AvgIpc) is 2.50. The molecule has 4 nitrogen and oxygen atoms in total. The van der Waals surface area contributed by atoms with Gasteiger partial charge < -0.3 is 14.5 Å². The van der Waals surface area contributed by atoms with Crippen molar-refractivity contribution in [1.82, 2.24) is 9.80 Å². The van der Waals surface area contributed by atoms with E-state index in [1.165, 1.54) is 12.8 Å². The largest absolute Gasteiger partial charge is 0.366 e. The number of nitrogens with zero attached hydrogens (tertiary/aromatic N) is 2. The van der Waals surface area contributed by atoms with Crippen LogP contribution in [-0.4, -0.2) is 61.1 Å². The first kappa shape index (κ1) is 13.8. The fourth-order valence-electron chi connectivity index (χ4n) is 2.94. The second-order valence-electron chi connectivity index (χ2n) is 6.00. The van der Waals surface area contributed by atoms with Crippen molar-refractivity contribution >= 4 is 5.91 Å². The van der Waals surface area contributed by atoms with Gasteiger partial charge in [-0.2, -0.15) is 0 Å². The van der Waals surface area contributed by atoms with E-state index < -0.39 is 0 Å². The van der Waals surface area contributed by atoms with Gasteiger partial charge in [-0.05, 0) is 32.7 Å². The van der Waals surface area contributed by atoms with Gasteiger partial charge in [-0.3, -0.25) is 4.79 Å².